The number of carbonyl (C=O) groups is 3. The Hall–Kier alpha value is -7.68. The third kappa shape index (κ3) is 17.4. The van der Waals surface area contributed by atoms with Gasteiger partial charge in [-0.1, -0.05) is 50.2 Å². The summed E-state index contributed by atoms with van der Waals surface area (Å²) in [6.07, 6.45) is 5.25. The monoisotopic (exact) mass is 1090 g/mol. The number of aromatic nitrogens is 6. The Kier molecular flexibility index (Phi) is 24.2. The quantitative estimate of drug-likeness (QED) is 0.0563. The number of rotatable bonds is 11. The zero-order valence-corrected chi connectivity index (χ0v) is 45.2. The van der Waals surface area contributed by atoms with Gasteiger partial charge >= 0.3 is 5.97 Å². The molecule has 0 spiro atoms. The lowest BCUT2D eigenvalue weighted by Crippen LogP contribution is -2.34. The minimum atomic E-state index is -1.22. The number of nitrogens with two attached hydrogens (primary N) is 2. The van der Waals surface area contributed by atoms with Crippen LogP contribution < -0.4 is 22.1 Å². The Morgan fingerprint density at radius 1 is 0.558 bits per heavy atom. The number of nitrogens with zero attached hydrogens (tertiary/aromatic N) is 6. The van der Waals surface area contributed by atoms with Crippen LogP contribution in [0.4, 0.5) is 17.1 Å². The largest absolute Gasteiger partial charge is 0.479 e. The van der Waals surface area contributed by atoms with Crippen LogP contribution in [-0.4, -0.2) is 106 Å². The Morgan fingerprint density at radius 2 is 0.935 bits per heavy atom. The number of anilines is 3. The number of carboxylic acids is 1. The first-order valence-electron chi connectivity index (χ1n) is 24.7. The molecule has 77 heavy (non-hydrogen) atoms. The molecule has 3 aromatic heterocycles. The molecular weight excluding hydrogens is 1020 g/mol. The van der Waals surface area contributed by atoms with Gasteiger partial charge in [-0.3, -0.25) is 9.59 Å². The number of nitrogen functional groups attached to an aromatic ring is 1. The van der Waals surface area contributed by atoms with Crippen molar-refractivity contribution in [3.63, 3.8) is 0 Å². The second-order valence-corrected chi connectivity index (χ2v) is 17.8. The lowest BCUT2D eigenvalue weighted by Gasteiger charge is -2.10. The van der Waals surface area contributed by atoms with E-state index in [0.717, 1.165) is 79.8 Å². The molecule has 0 saturated carbocycles. The van der Waals surface area contributed by atoms with Gasteiger partial charge in [0.25, 0.3) is 11.8 Å². The number of halogens is 2. The van der Waals surface area contributed by atoms with Gasteiger partial charge in [0.05, 0.1) is 52.2 Å². The van der Waals surface area contributed by atoms with E-state index in [1.165, 1.54) is 18.4 Å². The fraction of sp³-hybridized carbons (Fsp3) is 0.263. The molecule has 408 valence electrons. The lowest BCUT2D eigenvalue weighted by atomic mass is 10.2. The van der Waals surface area contributed by atoms with E-state index in [9.17, 15) is 24.6 Å². The third-order valence-electron chi connectivity index (χ3n) is 11.7. The Labute approximate surface area is 459 Å². The summed E-state index contributed by atoms with van der Waals surface area (Å²) >= 11 is 0. The number of benzene rings is 6. The number of aliphatic carboxylic acids is 1. The van der Waals surface area contributed by atoms with Gasteiger partial charge in [0, 0.05) is 53.0 Å². The van der Waals surface area contributed by atoms with Gasteiger partial charge in [0.15, 0.2) is 6.10 Å². The molecule has 0 aliphatic carbocycles. The first-order valence-corrected chi connectivity index (χ1v) is 24.7. The van der Waals surface area contributed by atoms with Crippen molar-refractivity contribution in [2.45, 2.75) is 78.6 Å². The Bertz CT molecular complexity index is 3190. The number of ether oxygens (including phenoxy) is 1. The van der Waals surface area contributed by atoms with Crippen molar-refractivity contribution in [3.8, 4) is 17.1 Å². The molecule has 18 nitrogen and oxygen atoms in total. The zero-order chi connectivity index (χ0) is 54.0. The summed E-state index contributed by atoms with van der Waals surface area (Å²) in [5.41, 5.74) is 22.4. The lowest BCUT2D eigenvalue weighted by molar-refractivity contribution is -0.146. The predicted octanol–water partition coefficient (Wildman–Crippen LogP) is 9.03. The van der Waals surface area contributed by atoms with E-state index in [1.54, 1.807) is 32.3 Å². The van der Waals surface area contributed by atoms with Crippen LogP contribution in [0.3, 0.4) is 0 Å². The minimum Gasteiger partial charge on any atom is -0.479 e. The molecule has 10 rings (SSSR count). The number of carbonyl (C=O) groups excluding carboxylic acids is 2. The molecule has 1 fully saturated rings. The molecule has 6 aromatic carbocycles. The van der Waals surface area contributed by atoms with E-state index in [-0.39, 0.29) is 37.8 Å². The zero-order valence-electron chi connectivity index (χ0n) is 43.6. The average molecular weight is 1090 g/mol. The van der Waals surface area contributed by atoms with E-state index in [2.05, 4.69) is 51.1 Å². The number of nitrogens with one attached hydrogen (secondary N) is 2. The Balaban J connectivity index is 0.000000224. The smallest absolute Gasteiger partial charge is 0.332 e. The number of aliphatic hydroxyl groups is 3. The highest BCUT2D eigenvalue weighted by Gasteiger charge is 2.16. The van der Waals surface area contributed by atoms with Crippen molar-refractivity contribution in [2.24, 2.45) is 5.73 Å². The van der Waals surface area contributed by atoms with E-state index < -0.39 is 36.1 Å². The molecule has 1 aliphatic heterocycles. The van der Waals surface area contributed by atoms with Gasteiger partial charge in [-0.2, -0.15) is 15.3 Å². The van der Waals surface area contributed by atoms with E-state index in [1.807, 2.05) is 137 Å². The number of hydrogen-bond acceptors (Lipinski definition) is 12. The number of aliphatic hydroxyl groups excluding tert-OH is 3. The molecule has 0 bridgehead atoms. The first-order chi connectivity index (χ1) is 36.1. The van der Waals surface area contributed by atoms with E-state index >= 15 is 0 Å². The van der Waals surface area contributed by atoms with Crippen molar-refractivity contribution in [1.29, 1.82) is 0 Å². The maximum absolute atomic E-state index is 11.8. The van der Waals surface area contributed by atoms with E-state index in [4.69, 9.17) is 26.4 Å². The normalized spacial score (nSPS) is 12.5. The molecule has 4 heterocycles. The molecule has 3 unspecified atom stereocenters. The molecule has 20 heteroatoms. The van der Waals surface area contributed by atoms with Crippen molar-refractivity contribution in [2.75, 3.05) is 36.1 Å². The number of carboxylic acid groups (broad SMARTS) is 1. The van der Waals surface area contributed by atoms with Crippen molar-refractivity contribution >= 4 is 92.4 Å². The van der Waals surface area contributed by atoms with Gasteiger partial charge in [-0.25, -0.2) is 18.8 Å². The highest BCUT2D eigenvalue weighted by molar-refractivity contribution is 5.97. The number of amides is 2. The summed E-state index contributed by atoms with van der Waals surface area (Å²) in [6.45, 7) is 11.4. The topological polar surface area (TPSA) is 271 Å². The first kappa shape index (κ1) is 61.9. The second-order valence-electron chi connectivity index (χ2n) is 17.8. The number of fused-ring (bicyclic) bond motifs is 3. The van der Waals surface area contributed by atoms with Gasteiger partial charge in [0.2, 0.25) is 0 Å². The summed E-state index contributed by atoms with van der Waals surface area (Å²) < 4.78 is 10.5. The van der Waals surface area contributed by atoms with Crippen LogP contribution in [0.5, 0.6) is 0 Å². The molecule has 9 aromatic rings. The minimum absolute atomic E-state index is 0. The number of hydrogen-bond donors (Lipinski definition) is 8. The van der Waals surface area contributed by atoms with Gasteiger partial charge < -0.3 is 47.3 Å². The third-order valence-corrected chi connectivity index (χ3v) is 11.7. The number of aryl methyl sites for hydroxylation is 3. The standard InChI is InChI=1S/C18H19N3O2.C17H18N4O2.C14H13N3.C4H8O3.C4H8O.2ClH/c1-3-17(22)18(23)20-14-8-7-13-11-19-21(16(13)10-14)15-6-4-5-12(2)9-15;1-11-3-2-4-14(7-11)21-15-8-13(6-5-12(15)10-19-21)20-17(23)16(22)9-18;1-10-3-2-4-13(7-10)17-14-8-12(15)6-5-11(14)9-16-17;1-2-3(5)4(6)7;1-2-4-5-3-1;;/h4-11,17,22H,3H2,1-2H3,(H,20,23);2-8,10,16,22H,9,18H2,1H3,(H,20,23);2-9H,15H2,1H3;3,5H,2H2,1H3,(H,6,7);1-4H2;2*1H. The van der Waals surface area contributed by atoms with Crippen LogP contribution in [0.15, 0.2) is 146 Å². The van der Waals surface area contributed by atoms with Crippen molar-refractivity contribution < 1.29 is 39.5 Å². The second kappa shape index (κ2) is 30.2. The van der Waals surface area contributed by atoms with E-state index in [0.29, 0.717) is 17.8 Å². The fourth-order valence-electron chi connectivity index (χ4n) is 7.55. The van der Waals surface area contributed by atoms with Gasteiger partial charge in [0.1, 0.15) is 12.2 Å². The van der Waals surface area contributed by atoms with Crippen LogP contribution in [0.1, 0.15) is 56.2 Å². The fourth-order valence-corrected chi connectivity index (χ4v) is 7.55. The SMILES string of the molecule is C1CCOC1.CCC(O)C(=O)Nc1ccc2cnn(-c3cccc(C)c3)c2c1.CCC(O)C(=O)O.Cc1cccc(-n2ncc3ccc(N)cc32)c1.Cc1cccc(-n2ncc3ccc(NC(=O)C(O)CN)cc32)c1.Cl.Cl. The van der Waals surface area contributed by atoms with Gasteiger partial charge in [-0.15, -0.1) is 24.8 Å². The Morgan fingerprint density at radius 3 is 1.26 bits per heavy atom. The van der Waals surface area contributed by atoms with Crippen molar-refractivity contribution in [3.05, 3.63) is 163 Å². The van der Waals surface area contributed by atoms with Crippen LogP contribution >= 0.6 is 24.8 Å². The summed E-state index contributed by atoms with van der Waals surface area (Å²) in [5.74, 6) is -2.07. The maximum Gasteiger partial charge on any atom is 0.332 e. The highest BCUT2D eigenvalue weighted by atomic mass is 35.5. The molecule has 1 aliphatic rings. The summed E-state index contributed by atoms with van der Waals surface area (Å²) in [6, 6.07) is 41.2. The summed E-state index contributed by atoms with van der Waals surface area (Å²) in [4.78, 5) is 33.3. The molecule has 0 radical (unpaired) electrons. The molecule has 10 N–H and O–H groups in total. The summed E-state index contributed by atoms with van der Waals surface area (Å²) in [5, 5.41) is 57.0. The van der Waals surface area contributed by atoms with Crippen LogP contribution in [0.25, 0.3) is 49.8 Å². The average Bonchev–Trinajstić information content (AvgIpc) is 4.28. The van der Waals surface area contributed by atoms with Crippen LogP contribution in [-0.2, 0) is 19.1 Å². The molecule has 2 amide bonds. The molecule has 1 saturated heterocycles. The summed E-state index contributed by atoms with van der Waals surface area (Å²) in [7, 11) is 0. The van der Waals surface area contributed by atoms with Crippen LogP contribution in [0.2, 0.25) is 0 Å². The highest BCUT2D eigenvalue weighted by Crippen LogP contribution is 2.25. The molecular formula is C57H68Cl2N10O8. The molecule has 3 atom stereocenters. The predicted molar refractivity (Wildman–Crippen MR) is 309 cm³/mol. The van der Waals surface area contributed by atoms with Crippen LogP contribution in [0, 0.1) is 20.8 Å². The van der Waals surface area contributed by atoms with Crippen molar-refractivity contribution in [1.82, 2.24) is 29.3 Å². The van der Waals surface area contributed by atoms with Gasteiger partial charge in [-0.05, 0) is 154 Å². The maximum atomic E-state index is 11.8.